The maximum atomic E-state index is 5.54. The van der Waals surface area contributed by atoms with Crippen LogP contribution < -0.4 is 5.32 Å². The third-order valence-corrected chi connectivity index (χ3v) is 2.34. The van der Waals surface area contributed by atoms with Crippen LogP contribution in [0.3, 0.4) is 0 Å². The van der Waals surface area contributed by atoms with Gasteiger partial charge in [0.15, 0.2) is 0 Å². The molecule has 12 heavy (non-hydrogen) atoms. The molecule has 3 nitrogen and oxygen atoms in total. The number of aliphatic imine (C=N–C) groups is 1. The number of ether oxygens (including phenoxy) is 1. The Bertz CT molecular complexity index is 205. The highest BCUT2D eigenvalue weighted by Gasteiger charge is 2.31. The van der Waals surface area contributed by atoms with Gasteiger partial charge < -0.3 is 10.1 Å². The average Bonchev–Trinajstić information content (AvgIpc) is 2.55. The molecule has 0 radical (unpaired) electrons. The molecule has 0 amide bonds. The molecule has 0 aromatic carbocycles. The zero-order valence-electron chi connectivity index (χ0n) is 7.76. The fourth-order valence-electron chi connectivity index (χ4n) is 1.69. The Labute approximate surface area is 73.2 Å². The standard InChI is InChI=1S/C9H16N2O/c1-9(2)6-12-8(11-9)7-4-3-5-10-7/h7,10H,3-6H2,1-2H3. The summed E-state index contributed by atoms with van der Waals surface area (Å²) in [6, 6.07) is 0.395. The first-order valence-corrected chi connectivity index (χ1v) is 4.63. The van der Waals surface area contributed by atoms with Crippen molar-refractivity contribution in [1.29, 1.82) is 0 Å². The molecule has 3 heteroatoms. The molecule has 1 N–H and O–H groups in total. The van der Waals surface area contributed by atoms with Gasteiger partial charge in [-0.25, -0.2) is 4.99 Å². The van der Waals surface area contributed by atoms with Crippen molar-refractivity contribution in [3.05, 3.63) is 0 Å². The molecular formula is C9H16N2O. The van der Waals surface area contributed by atoms with E-state index in [1.807, 2.05) is 0 Å². The molecule has 2 heterocycles. The van der Waals surface area contributed by atoms with Crippen LogP contribution in [0.25, 0.3) is 0 Å². The van der Waals surface area contributed by atoms with E-state index in [0.29, 0.717) is 6.04 Å². The first-order valence-electron chi connectivity index (χ1n) is 4.63. The average molecular weight is 168 g/mol. The molecule has 0 aromatic heterocycles. The van der Waals surface area contributed by atoms with Crippen LogP contribution in [0.1, 0.15) is 26.7 Å². The van der Waals surface area contributed by atoms with Crippen molar-refractivity contribution in [1.82, 2.24) is 5.32 Å². The predicted molar refractivity (Wildman–Crippen MR) is 48.5 cm³/mol. The van der Waals surface area contributed by atoms with E-state index in [-0.39, 0.29) is 5.54 Å². The van der Waals surface area contributed by atoms with E-state index in [4.69, 9.17) is 4.74 Å². The quantitative estimate of drug-likeness (QED) is 0.632. The SMILES string of the molecule is CC1(C)COC(C2CCCN2)=N1. The number of rotatable bonds is 1. The smallest absolute Gasteiger partial charge is 0.201 e. The second-order valence-electron chi connectivity index (χ2n) is 4.20. The highest BCUT2D eigenvalue weighted by Crippen LogP contribution is 2.20. The molecule has 0 aromatic rings. The van der Waals surface area contributed by atoms with Crippen LogP contribution in [-0.2, 0) is 4.74 Å². The molecule has 1 unspecified atom stereocenters. The fourth-order valence-corrected chi connectivity index (χ4v) is 1.69. The van der Waals surface area contributed by atoms with Gasteiger partial charge in [0, 0.05) is 0 Å². The van der Waals surface area contributed by atoms with Crippen LogP contribution in [0, 0.1) is 0 Å². The van der Waals surface area contributed by atoms with Gasteiger partial charge in [-0.05, 0) is 33.2 Å². The molecule has 1 saturated heterocycles. The van der Waals surface area contributed by atoms with Gasteiger partial charge in [-0.1, -0.05) is 0 Å². The molecule has 0 saturated carbocycles. The van der Waals surface area contributed by atoms with Gasteiger partial charge >= 0.3 is 0 Å². The maximum absolute atomic E-state index is 5.54. The topological polar surface area (TPSA) is 33.6 Å². The highest BCUT2D eigenvalue weighted by atomic mass is 16.5. The number of hydrogen-bond acceptors (Lipinski definition) is 3. The Balaban J connectivity index is 2.05. The third kappa shape index (κ3) is 1.46. The number of hydrogen-bond donors (Lipinski definition) is 1. The summed E-state index contributed by atoms with van der Waals surface area (Å²) in [6.45, 7) is 6.05. The minimum atomic E-state index is -0.000394. The Morgan fingerprint density at radius 1 is 1.58 bits per heavy atom. The molecule has 1 atom stereocenters. The van der Waals surface area contributed by atoms with E-state index < -0.39 is 0 Å². The molecule has 0 spiro atoms. The molecular weight excluding hydrogens is 152 g/mol. The molecule has 2 aliphatic heterocycles. The zero-order valence-corrected chi connectivity index (χ0v) is 7.76. The Hall–Kier alpha value is -0.570. The summed E-state index contributed by atoms with van der Waals surface area (Å²) in [5.41, 5.74) is -0.000394. The van der Waals surface area contributed by atoms with Crippen LogP contribution in [0.15, 0.2) is 4.99 Å². The van der Waals surface area contributed by atoms with Crippen LogP contribution in [0.5, 0.6) is 0 Å². The van der Waals surface area contributed by atoms with E-state index in [0.717, 1.165) is 19.0 Å². The molecule has 1 fully saturated rings. The van der Waals surface area contributed by atoms with Gasteiger partial charge in [-0.2, -0.15) is 0 Å². The van der Waals surface area contributed by atoms with Gasteiger partial charge in [0.05, 0.1) is 11.6 Å². The van der Waals surface area contributed by atoms with Crippen molar-refractivity contribution in [2.45, 2.75) is 38.3 Å². The van der Waals surface area contributed by atoms with Crippen molar-refractivity contribution in [3.8, 4) is 0 Å². The van der Waals surface area contributed by atoms with Crippen molar-refractivity contribution >= 4 is 5.90 Å². The first kappa shape index (κ1) is 8.05. The summed E-state index contributed by atoms with van der Waals surface area (Å²) < 4.78 is 5.54. The lowest BCUT2D eigenvalue weighted by atomic mass is 10.1. The van der Waals surface area contributed by atoms with E-state index in [9.17, 15) is 0 Å². The summed E-state index contributed by atoms with van der Waals surface area (Å²) in [5, 5.41) is 3.38. The lowest BCUT2D eigenvalue weighted by Crippen LogP contribution is -2.30. The van der Waals surface area contributed by atoms with Gasteiger partial charge in [0.25, 0.3) is 0 Å². The second-order valence-corrected chi connectivity index (χ2v) is 4.20. The first-order chi connectivity index (χ1) is 5.67. The van der Waals surface area contributed by atoms with Crippen LogP contribution in [-0.4, -0.2) is 30.6 Å². The molecule has 2 aliphatic rings. The summed E-state index contributed by atoms with van der Waals surface area (Å²) in [7, 11) is 0. The molecule has 0 bridgehead atoms. The lowest BCUT2D eigenvalue weighted by Gasteiger charge is -2.08. The van der Waals surface area contributed by atoms with E-state index in [2.05, 4.69) is 24.2 Å². The van der Waals surface area contributed by atoms with Crippen molar-refractivity contribution in [2.24, 2.45) is 4.99 Å². The monoisotopic (exact) mass is 168 g/mol. The second kappa shape index (κ2) is 2.73. The van der Waals surface area contributed by atoms with Gasteiger partial charge in [-0.15, -0.1) is 0 Å². The van der Waals surface area contributed by atoms with Gasteiger partial charge in [0.2, 0.25) is 5.90 Å². The summed E-state index contributed by atoms with van der Waals surface area (Å²) >= 11 is 0. The summed E-state index contributed by atoms with van der Waals surface area (Å²) in [5.74, 6) is 0.928. The van der Waals surface area contributed by atoms with Crippen LogP contribution >= 0.6 is 0 Å². The maximum Gasteiger partial charge on any atom is 0.201 e. The van der Waals surface area contributed by atoms with Gasteiger partial charge in [0.1, 0.15) is 6.61 Å². The fraction of sp³-hybridized carbons (Fsp3) is 0.889. The Morgan fingerprint density at radius 3 is 2.92 bits per heavy atom. The van der Waals surface area contributed by atoms with Crippen molar-refractivity contribution in [2.75, 3.05) is 13.2 Å². The van der Waals surface area contributed by atoms with Gasteiger partial charge in [-0.3, -0.25) is 0 Å². The summed E-state index contributed by atoms with van der Waals surface area (Å²) in [4.78, 5) is 4.53. The highest BCUT2D eigenvalue weighted by molar-refractivity contribution is 5.83. The largest absolute Gasteiger partial charge is 0.477 e. The number of nitrogens with zero attached hydrogens (tertiary/aromatic N) is 1. The minimum absolute atomic E-state index is 0.000394. The summed E-state index contributed by atoms with van der Waals surface area (Å²) in [6.07, 6.45) is 2.42. The third-order valence-electron chi connectivity index (χ3n) is 2.34. The van der Waals surface area contributed by atoms with E-state index in [1.165, 1.54) is 12.8 Å². The Morgan fingerprint density at radius 2 is 2.42 bits per heavy atom. The number of nitrogens with one attached hydrogen (secondary N) is 1. The normalized spacial score (nSPS) is 33.2. The van der Waals surface area contributed by atoms with E-state index >= 15 is 0 Å². The van der Waals surface area contributed by atoms with Crippen molar-refractivity contribution < 1.29 is 4.74 Å². The lowest BCUT2D eigenvalue weighted by molar-refractivity contribution is 0.269. The molecule has 68 valence electrons. The Kier molecular flexibility index (Phi) is 1.83. The molecule has 0 aliphatic carbocycles. The van der Waals surface area contributed by atoms with Crippen LogP contribution in [0.4, 0.5) is 0 Å². The molecule has 2 rings (SSSR count). The van der Waals surface area contributed by atoms with Crippen LogP contribution in [0.2, 0.25) is 0 Å². The van der Waals surface area contributed by atoms with E-state index in [1.54, 1.807) is 0 Å². The predicted octanol–water partition coefficient (Wildman–Crippen LogP) is 0.946. The van der Waals surface area contributed by atoms with Crippen molar-refractivity contribution in [3.63, 3.8) is 0 Å². The zero-order chi connectivity index (χ0) is 8.60. The minimum Gasteiger partial charge on any atom is -0.477 e.